The van der Waals surface area contributed by atoms with Gasteiger partial charge in [0, 0.05) is 19.0 Å². The van der Waals surface area contributed by atoms with Crippen LogP contribution >= 0.6 is 0 Å². The lowest BCUT2D eigenvalue weighted by Crippen LogP contribution is -2.27. The summed E-state index contributed by atoms with van der Waals surface area (Å²) in [6, 6.07) is 8.84. The van der Waals surface area contributed by atoms with Gasteiger partial charge in [-0.3, -0.25) is 4.79 Å². The van der Waals surface area contributed by atoms with Gasteiger partial charge in [-0.25, -0.2) is 18.1 Å². The lowest BCUT2D eigenvalue weighted by Gasteiger charge is -2.06. The van der Waals surface area contributed by atoms with E-state index in [0.29, 0.717) is 5.56 Å². The molecule has 1 N–H and O–H groups in total. The summed E-state index contributed by atoms with van der Waals surface area (Å²) in [5, 5.41) is -0.190. The maximum atomic E-state index is 12.4. The Labute approximate surface area is 134 Å². The van der Waals surface area contributed by atoms with Crippen molar-refractivity contribution in [3.8, 4) is 11.3 Å². The first-order valence-corrected chi connectivity index (χ1v) is 8.60. The summed E-state index contributed by atoms with van der Waals surface area (Å²) in [6.07, 6.45) is -0.0510. The Bertz CT molecular complexity index is 768. The van der Waals surface area contributed by atoms with Crippen LogP contribution in [0.4, 0.5) is 0 Å². The number of ether oxygens (including phenoxy) is 1. The highest BCUT2D eigenvalue weighted by molar-refractivity contribution is 7.89. The molecule has 2 rings (SSSR count). The van der Waals surface area contributed by atoms with E-state index < -0.39 is 16.0 Å². The van der Waals surface area contributed by atoms with Gasteiger partial charge in [-0.15, -0.1) is 0 Å². The SMILES string of the molecule is CCOC(=O)CCNS(=O)(=O)c1nc(C)oc1-c1ccccc1. The number of oxazole rings is 1. The summed E-state index contributed by atoms with van der Waals surface area (Å²) in [5.74, 6) is -0.0452. The van der Waals surface area contributed by atoms with Crippen molar-refractivity contribution in [3.63, 3.8) is 0 Å². The molecular weight excluding hydrogens is 320 g/mol. The molecule has 1 aromatic carbocycles. The van der Waals surface area contributed by atoms with Crippen LogP contribution in [0.1, 0.15) is 19.2 Å². The van der Waals surface area contributed by atoms with Gasteiger partial charge in [0.15, 0.2) is 11.7 Å². The predicted molar refractivity (Wildman–Crippen MR) is 83.1 cm³/mol. The predicted octanol–water partition coefficient (Wildman–Crippen LogP) is 1.88. The van der Waals surface area contributed by atoms with Gasteiger partial charge in [-0.1, -0.05) is 30.3 Å². The third-order valence-electron chi connectivity index (χ3n) is 2.92. The number of nitrogens with zero attached hydrogens (tertiary/aromatic N) is 1. The highest BCUT2D eigenvalue weighted by atomic mass is 32.2. The quantitative estimate of drug-likeness (QED) is 0.774. The molecule has 0 saturated heterocycles. The zero-order chi connectivity index (χ0) is 16.9. The fraction of sp³-hybridized carbons (Fsp3) is 0.333. The van der Waals surface area contributed by atoms with E-state index in [9.17, 15) is 13.2 Å². The average molecular weight is 338 g/mol. The number of sulfonamides is 1. The number of hydrogen-bond acceptors (Lipinski definition) is 6. The number of rotatable bonds is 7. The van der Waals surface area contributed by atoms with E-state index in [0.717, 1.165) is 0 Å². The number of benzene rings is 1. The topological polar surface area (TPSA) is 98.5 Å². The largest absolute Gasteiger partial charge is 0.466 e. The highest BCUT2D eigenvalue weighted by Gasteiger charge is 2.25. The number of aromatic nitrogens is 1. The summed E-state index contributed by atoms with van der Waals surface area (Å²) in [7, 11) is -3.89. The molecule has 0 unspecified atom stereocenters. The van der Waals surface area contributed by atoms with Crippen LogP contribution in [0.25, 0.3) is 11.3 Å². The molecule has 8 heteroatoms. The standard InChI is InChI=1S/C15H18N2O5S/c1-3-21-13(18)9-10-16-23(19,20)15-14(22-11(2)17-15)12-7-5-4-6-8-12/h4-8,16H,3,9-10H2,1-2H3. The minimum absolute atomic E-state index is 0.0510. The first-order valence-electron chi connectivity index (χ1n) is 7.12. The highest BCUT2D eigenvalue weighted by Crippen LogP contribution is 2.27. The molecule has 0 saturated carbocycles. The molecule has 1 heterocycles. The van der Waals surface area contributed by atoms with Gasteiger partial charge in [0.1, 0.15) is 0 Å². The monoisotopic (exact) mass is 338 g/mol. The molecular formula is C15H18N2O5S. The Morgan fingerprint density at radius 1 is 1.30 bits per heavy atom. The summed E-state index contributed by atoms with van der Waals surface area (Å²) < 4.78 is 37.3. The lowest BCUT2D eigenvalue weighted by atomic mass is 10.2. The maximum absolute atomic E-state index is 12.4. The zero-order valence-corrected chi connectivity index (χ0v) is 13.7. The molecule has 124 valence electrons. The van der Waals surface area contributed by atoms with Crippen LogP contribution in [0.15, 0.2) is 39.8 Å². The van der Waals surface area contributed by atoms with E-state index in [1.54, 1.807) is 38.1 Å². The molecule has 0 amide bonds. The van der Waals surface area contributed by atoms with Crippen molar-refractivity contribution in [1.82, 2.24) is 9.71 Å². The number of esters is 1. The first kappa shape index (κ1) is 17.2. The van der Waals surface area contributed by atoms with E-state index in [-0.39, 0.29) is 36.2 Å². The van der Waals surface area contributed by atoms with Crippen molar-refractivity contribution in [1.29, 1.82) is 0 Å². The average Bonchev–Trinajstić information content (AvgIpc) is 2.91. The van der Waals surface area contributed by atoms with E-state index >= 15 is 0 Å². The Hall–Kier alpha value is -2.19. The fourth-order valence-electron chi connectivity index (χ4n) is 1.95. The third-order valence-corrected chi connectivity index (χ3v) is 4.29. The van der Waals surface area contributed by atoms with Crippen molar-refractivity contribution in [3.05, 3.63) is 36.2 Å². The number of carbonyl (C=O) groups is 1. The van der Waals surface area contributed by atoms with Gasteiger partial charge < -0.3 is 9.15 Å². The van der Waals surface area contributed by atoms with Crippen LogP contribution in [0, 0.1) is 6.92 Å². The van der Waals surface area contributed by atoms with Crippen LogP contribution in [0.5, 0.6) is 0 Å². The van der Waals surface area contributed by atoms with Crippen molar-refractivity contribution < 1.29 is 22.4 Å². The van der Waals surface area contributed by atoms with Crippen LogP contribution in [-0.4, -0.2) is 32.5 Å². The number of hydrogen-bond donors (Lipinski definition) is 1. The molecule has 23 heavy (non-hydrogen) atoms. The van der Waals surface area contributed by atoms with E-state index in [1.165, 1.54) is 0 Å². The minimum atomic E-state index is -3.89. The van der Waals surface area contributed by atoms with Crippen LogP contribution in [-0.2, 0) is 19.6 Å². The molecule has 0 bridgehead atoms. The van der Waals surface area contributed by atoms with Gasteiger partial charge in [-0.2, -0.15) is 0 Å². The van der Waals surface area contributed by atoms with Crippen molar-refractivity contribution in [2.24, 2.45) is 0 Å². The van der Waals surface area contributed by atoms with Crippen LogP contribution in [0.3, 0.4) is 0 Å². The molecule has 1 aromatic heterocycles. The lowest BCUT2D eigenvalue weighted by molar-refractivity contribution is -0.142. The smallest absolute Gasteiger partial charge is 0.307 e. The number of carbonyl (C=O) groups excluding carboxylic acids is 1. The number of aryl methyl sites for hydroxylation is 1. The molecule has 0 aliphatic carbocycles. The van der Waals surface area contributed by atoms with Gasteiger partial charge in [-0.05, 0) is 6.92 Å². The Morgan fingerprint density at radius 3 is 2.65 bits per heavy atom. The molecule has 0 atom stereocenters. The molecule has 0 aliphatic rings. The van der Waals surface area contributed by atoms with Crippen molar-refractivity contribution in [2.45, 2.75) is 25.3 Å². The normalized spacial score (nSPS) is 11.4. The second-order valence-corrected chi connectivity index (χ2v) is 6.37. The van der Waals surface area contributed by atoms with E-state index in [2.05, 4.69) is 9.71 Å². The van der Waals surface area contributed by atoms with E-state index in [1.807, 2.05) is 6.07 Å². The van der Waals surface area contributed by atoms with E-state index in [4.69, 9.17) is 9.15 Å². The molecule has 0 radical (unpaired) electrons. The zero-order valence-electron chi connectivity index (χ0n) is 12.9. The number of nitrogens with one attached hydrogen (secondary N) is 1. The molecule has 0 aliphatic heterocycles. The second-order valence-electron chi connectivity index (χ2n) is 4.69. The van der Waals surface area contributed by atoms with Gasteiger partial charge in [0.2, 0.25) is 5.03 Å². The van der Waals surface area contributed by atoms with Crippen molar-refractivity contribution >= 4 is 16.0 Å². The maximum Gasteiger partial charge on any atom is 0.307 e. The first-order chi connectivity index (χ1) is 10.9. The summed E-state index contributed by atoms with van der Waals surface area (Å²) in [6.45, 7) is 3.45. The minimum Gasteiger partial charge on any atom is -0.466 e. The molecule has 2 aromatic rings. The Kier molecular flexibility index (Phi) is 5.51. The second kappa shape index (κ2) is 7.38. The Morgan fingerprint density at radius 2 is 2.00 bits per heavy atom. The summed E-state index contributed by atoms with van der Waals surface area (Å²) >= 11 is 0. The van der Waals surface area contributed by atoms with Crippen LogP contribution < -0.4 is 4.72 Å². The summed E-state index contributed by atoms with van der Waals surface area (Å²) in [5.41, 5.74) is 0.610. The van der Waals surface area contributed by atoms with Gasteiger partial charge >= 0.3 is 5.97 Å². The Balaban J connectivity index is 2.19. The molecule has 7 nitrogen and oxygen atoms in total. The van der Waals surface area contributed by atoms with Gasteiger partial charge in [0.25, 0.3) is 10.0 Å². The molecule has 0 fully saturated rings. The summed E-state index contributed by atoms with van der Waals surface area (Å²) in [4.78, 5) is 15.2. The van der Waals surface area contributed by atoms with Crippen molar-refractivity contribution in [2.75, 3.05) is 13.2 Å². The van der Waals surface area contributed by atoms with Gasteiger partial charge in [0.05, 0.1) is 13.0 Å². The molecule has 0 spiro atoms. The third kappa shape index (κ3) is 4.40. The van der Waals surface area contributed by atoms with Crippen LogP contribution in [0.2, 0.25) is 0 Å². The fourth-order valence-corrected chi connectivity index (χ4v) is 3.11.